The van der Waals surface area contributed by atoms with Gasteiger partial charge in [0, 0.05) is 18.7 Å². The number of ether oxygens (including phenoxy) is 4. The maximum Gasteiger partial charge on any atom is 0.328 e. The highest BCUT2D eigenvalue weighted by atomic mass is 16.8. The summed E-state index contributed by atoms with van der Waals surface area (Å²) >= 11 is 0. The molecular weight excluding hydrogens is 534 g/mol. The van der Waals surface area contributed by atoms with E-state index in [1.54, 1.807) is 18.4 Å². The van der Waals surface area contributed by atoms with Crippen molar-refractivity contribution in [3.63, 3.8) is 0 Å². The summed E-state index contributed by atoms with van der Waals surface area (Å²) in [5.41, 5.74) is 1.51. The third-order valence-electron chi connectivity index (χ3n) is 7.36. The maximum atomic E-state index is 13.9. The van der Waals surface area contributed by atoms with Crippen molar-refractivity contribution in [1.29, 1.82) is 0 Å². The lowest BCUT2D eigenvalue weighted by Gasteiger charge is -2.27. The fraction of sp³-hybridized carbons (Fsp3) is 0.481. The first-order valence-corrected chi connectivity index (χ1v) is 13.7. The number of amides is 3. The monoisotopic (exact) mass is 565 g/mol. The topological polar surface area (TPSA) is 159 Å². The van der Waals surface area contributed by atoms with Gasteiger partial charge in [-0.3, -0.25) is 14.7 Å². The van der Waals surface area contributed by atoms with Gasteiger partial charge in [0.05, 0.1) is 12.9 Å². The van der Waals surface area contributed by atoms with Crippen molar-refractivity contribution < 1.29 is 33.3 Å². The molecule has 2 aromatic heterocycles. The molecule has 5 heterocycles. The Balaban J connectivity index is 1.33. The molecule has 3 aliphatic rings. The van der Waals surface area contributed by atoms with E-state index in [1.165, 1.54) is 17.6 Å². The number of hydrogen-bond donors (Lipinski definition) is 2. The average molecular weight is 566 g/mol. The van der Waals surface area contributed by atoms with E-state index in [-0.39, 0.29) is 18.3 Å². The van der Waals surface area contributed by atoms with Gasteiger partial charge in [0.15, 0.2) is 35.6 Å². The highest BCUT2D eigenvalue weighted by Gasteiger charge is 2.58. The van der Waals surface area contributed by atoms with Gasteiger partial charge < -0.3 is 29.2 Å². The van der Waals surface area contributed by atoms with Crippen molar-refractivity contribution in [2.24, 2.45) is 0 Å². The molecule has 14 nitrogen and oxygen atoms in total. The van der Waals surface area contributed by atoms with Crippen LogP contribution >= 0.6 is 0 Å². The Morgan fingerprint density at radius 1 is 1.05 bits per heavy atom. The second-order valence-corrected chi connectivity index (χ2v) is 9.86. The Hall–Kier alpha value is -4.14. The van der Waals surface area contributed by atoms with Crippen molar-refractivity contribution in [2.75, 3.05) is 25.0 Å². The average Bonchev–Trinajstić information content (AvgIpc) is 3.77. The molecule has 3 aliphatic heterocycles. The van der Waals surface area contributed by atoms with Crippen LogP contribution in [0.5, 0.6) is 0 Å². The number of aromatic nitrogens is 4. The second kappa shape index (κ2) is 11.4. The molecule has 0 saturated carbocycles. The van der Waals surface area contributed by atoms with Gasteiger partial charge in [-0.15, -0.1) is 0 Å². The first-order chi connectivity index (χ1) is 20.0. The molecule has 2 N–H and O–H groups in total. The van der Waals surface area contributed by atoms with Crippen molar-refractivity contribution in [3.8, 4) is 0 Å². The van der Waals surface area contributed by atoms with Crippen LogP contribution < -0.4 is 10.6 Å². The molecule has 3 saturated heterocycles. The molecule has 3 aromatic rings. The Kier molecular flexibility index (Phi) is 7.51. The number of imidazole rings is 1. The number of likely N-dealkylation sites (tertiary alicyclic amines) is 1. The molecule has 0 radical (unpaired) electrons. The molecule has 41 heavy (non-hydrogen) atoms. The summed E-state index contributed by atoms with van der Waals surface area (Å²) in [5.74, 6) is -0.574. The van der Waals surface area contributed by atoms with Gasteiger partial charge in [0.1, 0.15) is 24.6 Å². The predicted octanol–water partition coefficient (Wildman–Crippen LogP) is 1.90. The van der Waals surface area contributed by atoms with E-state index >= 15 is 0 Å². The molecule has 1 aromatic carbocycles. The summed E-state index contributed by atoms with van der Waals surface area (Å²) in [4.78, 5) is 53.2. The standard InChI is InChI=1S/C27H31N7O7/c1-3-28-27(37)32-21-17-22(30-13-29-21)34(14-31-17)24-20-18(40-26(41-20)15-9-6-5-7-10-15)19(39-24)23(35)33-12-8-11-16(33)25(36)38-4-2/h5-7,9-10,13-14,16,18-20,24,26H,3-4,8,11-12H2,1-2H3,(H2,28,29,30,32,37)/t16-,18?,19?,20?,24?,26-/m0/s1. The van der Waals surface area contributed by atoms with Crippen molar-refractivity contribution >= 4 is 34.9 Å². The molecule has 0 aliphatic carbocycles. The second-order valence-electron chi connectivity index (χ2n) is 9.86. The van der Waals surface area contributed by atoms with E-state index in [2.05, 4.69) is 25.6 Å². The predicted molar refractivity (Wildman–Crippen MR) is 142 cm³/mol. The summed E-state index contributed by atoms with van der Waals surface area (Å²) in [5, 5.41) is 5.33. The summed E-state index contributed by atoms with van der Waals surface area (Å²) < 4.78 is 25.9. The number of rotatable bonds is 7. The van der Waals surface area contributed by atoms with Crippen LogP contribution in [-0.2, 0) is 28.5 Å². The normalized spacial score (nSPS) is 27.1. The van der Waals surface area contributed by atoms with Crippen LogP contribution in [0, 0.1) is 0 Å². The molecule has 3 amide bonds. The fourth-order valence-corrected chi connectivity index (χ4v) is 5.56. The lowest BCUT2D eigenvalue weighted by Crippen LogP contribution is -2.49. The Morgan fingerprint density at radius 2 is 1.85 bits per heavy atom. The van der Waals surface area contributed by atoms with E-state index < -0.39 is 48.9 Å². The molecule has 3 fully saturated rings. The third-order valence-corrected chi connectivity index (χ3v) is 7.36. The highest BCUT2D eigenvalue weighted by Crippen LogP contribution is 2.45. The SMILES string of the molecule is CCNC(=O)Nc1ncnc2c1ncn2C1OC(C(=O)N2CCC[C@H]2C(=O)OCC)C2O[C@H](c3ccccc3)OC21. The number of esters is 1. The van der Waals surface area contributed by atoms with Gasteiger partial charge in [0.25, 0.3) is 5.91 Å². The van der Waals surface area contributed by atoms with E-state index in [9.17, 15) is 14.4 Å². The molecule has 216 valence electrons. The van der Waals surface area contributed by atoms with Gasteiger partial charge in [-0.05, 0) is 26.7 Å². The maximum absolute atomic E-state index is 13.9. The molecule has 6 atom stereocenters. The summed E-state index contributed by atoms with van der Waals surface area (Å²) in [6.07, 6.45) is -0.0938. The van der Waals surface area contributed by atoms with Gasteiger partial charge in [0.2, 0.25) is 0 Å². The minimum absolute atomic E-state index is 0.224. The first kappa shape index (κ1) is 27.1. The third kappa shape index (κ3) is 4.98. The number of benzene rings is 1. The van der Waals surface area contributed by atoms with Crippen molar-refractivity contribution in [3.05, 3.63) is 48.5 Å². The van der Waals surface area contributed by atoms with Crippen LogP contribution in [-0.4, -0.2) is 86.4 Å². The number of carbonyl (C=O) groups is 3. The van der Waals surface area contributed by atoms with Crippen molar-refractivity contribution in [2.45, 2.75) is 63.6 Å². The minimum Gasteiger partial charge on any atom is -0.464 e. The van der Waals surface area contributed by atoms with Crippen molar-refractivity contribution in [1.82, 2.24) is 29.7 Å². The Morgan fingerprint density at radius 3 is 2.63 bits per heavy atom. The smallest absolute Gasteiger partial charge is 0.328 e. The van der Waals surface area contributed by atoms with Crippen LogP contribution in [0.15, 0.2) is 43.0 Å². The summed E-state index contributed by atoms with van der Waals surface area (Å²) in [6.45, 7) is 4.61. The van der Waals surface area contributed by atoms with Gasteiger partial charge >= 0.3 is 12.0 Å². The Bertz CT molecular complexity index is 1430. The van der Waals surface area contributed by atoms with Crippen LogP contribution in [0.4, 0.5) is 10.6 Å². The molecular formula is C27H31N7O7. The number of hydrogen-bond acceptors (Lipinski definition) is 10. The molecule has 0 spiro atoms. The number of nitrogens with one attached hydrogen (secondary N) is 2. The molecule has 6 rings (SSSR count). The largest absolute Gasteiger partial charge is 0.464 e. The summed E-state index contributed by atoms with van der Waals surface area (Å²) in [7, 11) is 0. The lowest BCUT2D eigenvalue weighted by molar-refractivity contribution is -0.172. The van der Waals surface area contributed by atoms with Gasteiger partial charge in [-0.25, -0.2) is 24.5 Å². The first-order valence-electron chi connectivity index (χ1n) is 13.7. The van der Waals surface area contributed by atoms with E-state index in [1.807, 2.05) is 30.3 Å². The van der Waals surface area contributed by atoms with E-state index in [0.717, 1.165) is 5.56 Å². The van der Waals surface area contributed by atoms with Gasteiger partial charge in [-0.2, -0.15) is 0 Å². The molecule has 0 bridgehead atoms. The highest BCUT2D eigenvalue weighted by molar-refractivity contribution is 5.95. The van der Waals surface area contributed by atoms with Gasteiger partial charge in [-0.1, -0.05) is 30.3 Å². The minimum atomic E-state index is -1.05. The number of carbonyl (C=O) groups excluding carboxylic acids is 3. The van der Waals surface area contributed by atoms with Crippen LogP contribution in [0.2, 0.25) is 0 Å². The number of anilines is 1. The Labute approximate surface area is 235 Å². The van der Waals surface area contributed by atoms with E-state index in [0.29, 0.717) is 37.1 Å². The molecule has 14 heteroatoms. The van der Waals surface area contributed by atoms with Crippen LogP contribution in [0.1, 0.15) is 44.8 Å². The van der Waals surface area contributed by atoms with Crippen LogP contribution in [0.3, 0.4) is 0 Å². The number of urea groups is 1. The zero-order valence-corrected chi connectivity index (χ0v) is 22.6. The van der Waals surface area contributed by atoms with E-state index in [4.69, 9.17) is 18.9 Å². The number of nitrogens with zero attached hydrogens (tertiary/aromatic N) is 5. The fourth-order valence-electron chi connectivity index (χ4n) is 5.56. The quantitative estimate of drug-likeness (QED) is 0.405. The molecule has 4 unspecified atom stereocenters. The summed E-state index contributed by atoms with van der Waals surface area (Å²) in [6, 6.07) is 8.31. The van der Waals surface area contributed by atoms with Crippen LogP contribution in [0.25, 0.3) is 11.2 Å². The zero-order valence-electron chi connectivity index (χ0n) is 22.6. The zero-order chi connectivity index (χ0) is 28.5. The lowest BCUT2D eigenvalue weighted by atomic mass is 10.1. The number of fused-ring (bicyclic) bond motifs is 2.